The molecule has 1 aromatic carbocycles. The van der Waals surface area contributed by atoms with Crippen molar-refractivity contribution in [1.29, 1.82) is 0 Å². The first-order valence-corrected chi connectivity index (χ1v) is 8.02. The predicted molar refractivity (Wildman–Crippen MR) is 85.5 cm³/mol. The number of hydrogen-bond acceptors (Lipinski definition) is 2. The number of halogens is 1. The number of nitrogens with zero attached hydrogens (tertiary/aromatic N) is 2. The molecule has 0 bridgehead atoms. The van der Waals surface area contributed by atoms with Crippen molar-refractivity contribution in [3.05, 3.63) is 34.3 Å². The van der Waals surface area contributed by atoms with Crippen molar-refractivity contribution in [2.75, 3.05) is 26.7 Å². The molecule has 0 unspecified atom stereocenters. The molecular weight excluding hydrogens is 316 g/mol. The van der Waals surface area contributed by atoms with Gasteiger partial charge < -0.3 is 4.90 Å². The van der Waals surface area contributed by atoms with Gasteiger partial charge in [-0.05, 0) is 49.5 Å². The smallest absolute Gasteiger partial charge is 0.219 e. The highest BCUT2D eigenvalue weighted by Gasteiger charge is 2.21. The molecule has 1 aliphatic heterocycles. The summed E-state index contributed by atoms with van der Waals surface area (Å²) in [6.07, 6.45) is 2.38. The second kappa shape index (κ2) is 7.23. The van der Waals surface area contributed by atoms with E-state index in [1.165, 1.54) is 18.4 Å². The van der Waals surface area contributed by atoms with Crippen molar-refractivity contribution in [2.45, 2.75) is 26.3 Å². The van der Waals surface area contributed by atoms with Crippen molar-refractivity contribution in [3.8, 4) is 0 Å². The second-order valence-corrected chi connectivity index (χ2v) is 6.66. The first-order valence-electron chi connectivity index (χ1n) is 7.23. The molecule has 20 heavy (non-hydrogen) atoms. The van der Waals surface area contributed by atoms with E-state index in [1.54, 1.807) is 6.92 Å². The highest BCUT2D eigenvalue weighted by molar-refractivity contribution is 9.10. The molecule has 110 valence electrons. The fourth-order valence-electron chi connectivity index (χ4n) is 2.69. The summed E-state index contributed by atoms with van der Waals surface area (Å²) < 4.78 is 1.13. The van der Waals surface area contributed by atoms with Gasteiger partial charge in [-0.2, -0.15) is 0 Å². The van der Waals surface area contributed by atoms with Gasteiger partial charge in [0.25, 0.3) is 0 Å². The van der Waals surface area contributed by atoms with E-state index in [1.807, 2.05) is 11.9 Å². The summed E-state index contributed by atoms with van der Waals surface area (Å²) in [5.74, 6) is 0.826. The van der Waals surface area contributed by atoms with E-state index in [0.717, 1.165) is 30.7 Å². The third kappa shape index (κ3) is 4.60. The van der Waals surface area contributed by atoms with Crippen molar-refractivity contribution < 1.29 is 4.79 Å². The zero-order chi connectivity index (χ0) is 14.5. The minimum Gasteiger partial charge on any atom is -0.346 e. The normalized spacial score (nSPS) is 17.1. The summed E-state index contributed by atoms with van der Waals surface area (Å²) in [6, 6.07) is 8.56. The van der Waals surface area contributed by atoms with E-state index < -0.39 is 0 Å². The Bertz CT molecular complexity index is 438. The van der Waals surface area contributed by atoms with Crippen LogP contribution in [0.25, 0.3) is 0 Å². The van der Waals surface area contributed by atoms with Gasteiger partial charge >= 0.3 is 0 Å². The van der Waals surface area contributed by atoms with Gasteiger partial charge in [0.15, 0.2) is 0 Å². The lowest BCUT2D eigenvalue weighted by Gasteiger charge is -2.33. The van der Waals surface area contributed by atoms with E-state index >= 15 is 0 Å². The minimum atomic E-state index is 0.169. The van der Waals surface area contributed by atoms with Crippen LogP contribution >= 0.6 is 15.9 Å². The van der Waals surface area contributed by atoms with Crippen LogP contribution in [-0.2, 0) is 11.3 Å². The van der Waals surface area contributed by atoms with Crippen LogP contribution < -0.4 is 0 Å². The number of likely N-dealkylation sites (tertiary alicyclic amines) is 1. The summed E-state index contributed by atoms with van der Waals surface area (Å²) in [6.45, 7) is 5.84. The first kappa shape index (κ1) is 15.5. The Morgan fingerprint density at radius 1 is 1.30 bits per heavy atom. The van der Waals surface area contributed by atoms with Crippen molar-refractivity contribution in [3.63, 3.8) is 0 Å². The Balaban J connectivity index is 1.76. The lowest BCUT2D eigenvalue weighted by Crippen LogP contribution is -2.38. The summed E-state index contributed by atoms with van der Waals surface area (Å²) in [5, 5.41) is 0. The van der Waals surface area contributed by atoms with Crippen LogP contribution in [0.5, 0.6) is 0 Å². The quantitative estimate of drug-likeness (QED) is 0.841. The maximum atomic E-state index is 11.3. The van der Waals surface area contributed by atoms with Crippen LogP contribution in [0.3, 0.4) is 0 Å². The Hall–Kier alpha value is -0.870. The Morgan fingerprint density at radius 2 is 1.90 bits per heavy atom. The molecule has 1 heterocycles. The first-order chi connectivity index (χ1) is 9.54. The topological polar surface area (TPSA) is 23.6 Å². The molecule has 0 N–H and O–H groups in total. The van der Waals surface area contributed by atoms with Gasteiger partial charge in [-0.25, -0.2) is 0 Å². The van der Waals surface area contributed by atoms with E-state index in [2.05, 4.69) is 45.1 Å². The van der Waals surface area contributed by atoms with Crippen LogP contribution in [0.4, 0.5) is 0 Å². The number of benzene rings is 1. The molecule has 0 aromatic heterocycles. The average Bonchev–Trinajstić information content (AvgIpc) is 2.43. The zero-order valence-electron chi connectivity index (χ0n) is 12.3. The molecule has 1 aliphatic rings. The summed E-state index contributed by atoms with van der Waals surface area (Å²) >= 11 is 3.47. The third-order valence-electron chi connectivity index (χ3n) is 4.10. The number of carbonyl (C=O) groups is 1. The van der Waals surface area contributed by atoms with E-state index in [4.69, 9.17) is 0 Å². The summed E-state index contributed by atoms with van der Waals surface area (Å²) in [7, 11) is 1.90. The van der Waals surface area contributed by atoms with Crippen LogP contribution in [0.1, 0.15) is 25.3 Å². The van der Waals surface area contributed by atoms with Crippen LogP contribution in [0.15, 0.2) is 28.7 Å². The van der Waals surface area contributed by atoms with Gasteiger partial charge in [0.1, 0.15) is 0 Å². The molecule has 4 heteroatoms. The highest BCUT2D eigenvalue weighted by atomic mass is 79.9. The molecule has 1 amide bonds. The van der Waals surface area contributed by atoms with Gasteiger partial charge in [-0.3, -0.25) is 9.69 Å². The minimum absolute atomic E-state index is 0.169. The molecule has 0 saturated carbocycles. The fourth-order valence-corrected chi connectivity index (χ4v) is 2.96. The van der Waals surface area contributed by atoms with Gasteiger partial charge in [-0.1, -0.05) is 28.1 Å². The monoisotopic (exact) mass is 338 g/mol. The molecular formula is C16H23BrN2O. The standard InChI is InChI=1S/C16H23BrN2O/c1-13(20)18(2)11-15-7-9-19(10-8-15)12-14-3-5-16(17)6-4-14/h3-6,15H,7-12H2,1-2H3. The maximum absolute atomic E-state index is 11.3. The van der Waals surface area contributed by atoms with Crippen LogP contribution in [0.2, 0.25) is 0 Å². The number of amides is 1. The van der Waals surface area contributed by atoms with Gasteiger partial charge in [0, 0.05) is 31.5 Å². The third-order valence-corrected chi connectivity index (χ3v) is 4.62. The average molecular weight is 339 g/mol. The van der Waals surface area contributed by atoms with Gasteiger partial charge in [0.2, 0.25) is 5.91 Å². The Kier molecular flexibility index (Phi) is 5.61. The predicted octanol–water partition coefficient (Wildman–Crippen LogP) is 3.14. The Morgan fingerprint density at radius 3 is 2.45 bits per heavy atom. The van der Waals surface area contributed by atoms with Gasteiger partial charge in [-0.15, -0.1) is 0 Å². The molecule has 0 aliphatic carbocycles. The number of carbonyl (C=O) groups excluding carboxylic acids is 1. The fraction of sp³-hybridized carbons (Fsp3) is 0.562. The van der Waals surface area contributed by atoms with Crippen molar-refractivity contribution >= 4 is 21.8 Å². The SMILES string of the molecule is CC(=O)N(C)CC1CCN(Cc2ccc(Br)cc2)CC1. The number of rotatable bonds is 4. The lowest BCUT2D eigenvalue weighted by molar-refractivity contribution is -0.128. The molecule has 1 saturated heterocycles. The molecule has 2 rings (SSSR count). The second-order valence-electron chi connectivity index (χ2n) is 5.75. The van der Waals surface area contributed by atoms with E-state index in [-0.39, 0.29) is 5.91 Å². The zero-order valence-corrected chi connectivity index (χ0v) is 13.9. The maximum Gasteiger partial charge on any atom is 0.219 e. The van der Waals surface area contributed by atoms with Gasteiger partial charge in [0.05, 0.1) is 0 Å². The van der Waals surface area contributed by atoms with Crippen molar-refractivity contribution in [2.24, 2.45) is 5.92 Å². The van der Waals surface area contributed by atoms with Crippen LogP contribution in [-0.4, -0.2) is 42.4 Å². The largest absolute Gasteiger partial charge is 0.346 e. The Labute approximate surface area is 130 Å². The lowest BCUT2D eigenvalue weighted by atomic mass is 9.96. The highest BCUT2D eigenvalue weighted by Crippen LogP contribution is 2.20. The molecule has 3 nitrogen and oxygen atoms in total. The van der Waals surface area contributed by atoms with Crippen LogP contribution in [0, 0.1) is 5.92 Å². The molecule has 0 radical (unpaired) electrons. The number of hydrogen-bond donors (Lipinski definition) is 0. The number of piperidine rings is 1. The van der Waals surface area contributed by atoms with Crippen molar-refractivity contribution in [1.82, 2.24) is 9.80 Å². The molecule has 0 atom stereocenters. The van der Waals surface area contributed by atoms with E-state index in [9.17, 15) is 4.79 Å². The van der Waals surface area contributed by atoms with E-state index in [0.29, 0.717) is 5.92 Å². The molecule has 1 aromatic rings. The summed E-state index contributed by atoms with van der Waals surface area (Å²) in [5.41, 5.74) is 1.37. The molecule has 1 fully saturated rings. The summed E-state index contributed by atoms with van der Waals surface area (Å²) in [4.78, 5) is 15.6. The molecule has 0 spiro atoms.